The van der Waals surface area contributed by atoms with E-state index in [1.165, 1.54) is 24.0 Å². The second kappa shape index (κ2) is 6.54. The molecule has 0 unspecified atom stereocenters. The molecule has 5 heteroatoms. The largest absolute Gasteiger partial charge is 0.394 e. The minimum atomic E-state index is -0.0626. The van der Waals surface area contributed by atoms with Gasteiger partial charge in [0.15, 0.2) is 0 Å². The number of nitrogens with one attached hydrogen (secondary N) is 1. The average Bonchev–Trinajstić information content (AvgIpc) is 3.45. The van der Waals surface area contributed by atoms with Crippen LogP contribution in [0.3, 0.4) is 0 Å². The van der Waals surface area contributed by atoms with Gasteiger partial charge in [-0.3, -0.25) is 0 Å². The second-order valence-electron chi connectivity index (χ2n) is 8.32. The van der Waals surface area contributed by atoms with Crippen molar-refractivity contribution >= 4 is 11.8 Å². The quantitative estimate of drug-likeness (QED) is 0.862. The average molecular weight is 352 g/mol. The van der Waals surface area contributed by atoms with E-state index in [9.17, 15) is 5.11 Å². The summed E-state index contributed by atoms with van der Waals surface area (Å²) >= 11 is 0. The van der Waals surface area contributed by atoms with Crippen LogP contribution in [0.5, 0.6) is 0 Å². The first-order chi connectivity index (χ1) is 12.5. The van der Waals surface area contributed by atoms with Crippen molar-refractivity contribution in [3.63, 3.8) is 0 Å². The maximum Gasteiger partial charge on any atom is 0.225 e. The molecule has 0 radical (unpaired) electrons. The van der Waals surface area contributed by atoms with Gasteiger partial charge >= 0.3 is 0 Å². The van der Waals surface area contributed by atoms with Gasteiger partial charge in [0.2, 0.25) is 5.95 Å². The van der Waals surface area contributed by atoms with E-state index in [0.717, 1.165) is 24.5 Å². The van der Waals surface area contributed by atoms with Crippen LogP contribution in [0.25, 0.3) is 0 Å². The van der Waals surface area contributed by atoms with Gasteiger partial charge in [-0.2, -0.15) is 4.98 Å². The number of nitrogens with zero attached hydrogens (tertiary/aromatic N) is 3. The number of aliphatic hydroxyl groups is 1. The molecule has 2 heterocycles. The fourth-order valence-electron chi connectivity index (χ4n) is 3.73. The van der Waals surface area contributed by atoms with Gasteiger partial charge in [-0.25, -0.2) is 4.98 Å². The first-order valence-electron chi connectivity index (χ1n) is 9.57. The molecule has 0 amide bonds. The molecule has 138 valence electrons. The number of aliphatic hydroxyl groups excluding tert-OH is 1. The highest BCUT2D eigenvalue weighted by Crippen LogP contribution is 2.41. The van der Waals surface area contributed by atoms with Gasteiger partial charge in [-0.1, -0.05) is 24.3 Å². The van der Waals surface area contributed by atoms with E-state index in [1.807, 2.05) is 6.92 Å². The Morgan fingerprint density at radius 1 is 1.23 bits per heavy atom. The summed E-state index contributed by atoms with van der Waals surface area (Å²) < 4.78 is 0. The number of anilines is 2. The molecule has 26 heavy (non-hydrogen) atoms. The minimum Gasteiger partial charge on any atom is -0.394 e. The lowest BCUT2D eigenvalue weighted by Crippen LogP contribution is -2.49. The molecule has 5 nitrogen and oxygen atoms in total. The van der Waals surface area contributed by atoms with Crippen LogP contribution in [0.1, 0.15) is 56.4 Å². The van der Waals surface area contributed by atoms with Crippen molar-refractivity contribution in [2.75, 3.05) is 16.8 Å². The lowest BCUT2D eigenvalue weighted by Gasteiger charge is -2.44. The third-order valence-corrected chi connectivity index (χ3v) is 5.45. The maximum absolute atomic E-state index is 9.37. The molecule has 1 aliphatic heterocycles. The standard InChI is InChI=1S/C21H28N4O/c1-14(13-26)22-20-23-18(15-8-9-15)10-19(24-20)25-12-17-7-5-4-6-16(17)11-21(25,2)3/h4-7,10,14-15,26H,8-9,11-13H2,1-3H3,(H,22,23,24)/t14-/m0/s1. The summed E-state index contributed by atoms with van der Waals surface area (Å²) in [7, 11) is 0. The van der Waals surface area contributed by atoms with E-state index in [-0.39, 0.29) is 18.2 Å². The Hall–Kier alpha value is -2.14. The van der Waals surface area contributed by atoms with E-state index in [1.54, 1.807) is 0 Å². The highest BCUT2D eigenvalue weighted by Gasteiger charge is 2.35. The van der Waals surface area contributed by atoms with Crippen LogP contribution in [0, 0.1) is 0 Å². The molecular formula is C21H28N4O. The number of rotatable bonds is 5. The Morgan fingerprint density at radius 2 is 1.96 bits per heavy atom. The number of aromatic nitrogens is 2. The molecule has 1 aliphatic carbocycles. The SMILES string of the molecule is C[C@@H](CO)Nc1nc(C2CC2)cc(N2Cc3ccccc3CC2(C)C)n1. The van der Waals surface area contributed by atoms with Crippen molar-refractivity contribution in [2.24, 2.45) is 0 Å². The number of fused-ring (bicyclic) bond motifs is 1. The lowest BCUT2D eigenvalue weighted by molar-refractivity contribution is 0.281. The van der Waals surface area contributed by atoms with Crippen molar-refractivity contribution in [1.82, 2.24) is 9.97 Å². The van der Waals surface area contributed by atoms with Gasteiger partial charge in [0.25, 0.3) is 0 Å². The zero-order chi connectivity index (χ0) is 18.3. The Labute approximate surface area is 155 Å². The van der Waals surface area contributed by atoms with Crippen molar-refractivity contribution < 1.29 is 5.11 Å². The van der Waals surface area contributed by atoms with E-state index in [4.69, 9.17) is 9.97 Å². The number of hydrogen-bond donors (Lipinski definition) is 2. The second-order valence-corrected chi connectivity index (χ2v) is 8.32. The lowest BCUT2D eigenvalue weighted by atomic mass is 9.85. The molecule has 1 fully saturated rings. The van der Waals surface area contributed by atoms with E-state index < -0.39 is 0 Å². The Balaban J connectivity index is 1.71. The van der Waals surface area contributed by atoms with Crippen LogP contribution >= 0.6 is 0 Å². The summed E-state index contributed by atoms with van der Waals surface area (Å²) in [6.07, 6.45) is 3.41. The summed E-state index contributed by atoms with van der Waals surface area (Å²) in [5.41, 5.74) is 3.91. The Morgan fingerprint density at radius 3 is 2.65 bits per heavy atom. The predicted molar refractivity (Wildman–Crippen MR) is 105 cm³/mol. The predicted octanol–water partition coefficient (Wildman–Crippen LogP) is 3.49. The topological polar surface area (TPSA) is 61.3 Å². The monoisotopic (exact) mass is 352 g/mol. The van der Waals surface area contributed by atoms with Crippen LogP contribution in [0.4, 0.5) is 11.8 Å². The van der Waals surface area contributed by atoms with E-state index in [0.29, 0.717) is 11.9 Å². The molecule has 1 aromatic carbocycles. The van der Waals surface area contributed by atoms with Crippen LogP contribution in [0.15, 0.2) is 30.3 Å². The smallest absolute Gasteiger partial charge is 0.225 e. The van der Waals surface area contributed by atoms with Crippen LogP contribution in [-0.4, -0.2) is 33.3 Å². The highest BCUT2D eigenvalue weighted by molar-refractivity contribution is 5.52. The Kier molecular flexibility index (Phi) is 4.35. The molecular weight excluding hydrogens is 324 g/mol. The summed E-state index contributed by atoms with van der Waals surface area (Å²) in [4.78, 5) is 11.9. The zero-order valence-electron chi connectivity index (χ0n) is 15.9. The van der Waals surface area contributed by atoms with Crippen LogP contribution in [0.2, 0.25) is 0 Å². The maximum atomic E-state index is 9.37. The third kappa shape index (κ3) is 3.40. The van der Waals surface area contributed by atoms with Gasteiger partial charge in [-0.15, -0.1) is 0 Å². The Bertz CT molecular complexity index is 800. The van der Waals surface area contributed by atoms with Crippen molar-refractivity contribution in [2.45, 2.75) is 64.1 Å². The fraction of sp³-hybridized carbons (Fsp3) is 0.524. The normalized spacial score (nSPS) is 19.8. The summed E-state index contributed by atoms with van der Waals surface area (Å²) in [5.74, 6) is 2.16. The molecule has 2 N–H and O–H groups in total. The van der Waals surface area contributed by atoms with Gasteiger partial charge < -0.3 is 15.3 Å². The highest BCUT2D eigenvalue weighted by atomic mass is 16.3. The molecule has 2 aliphatic rings. The first kappa shape index (κ1) is 17.3. The van der Waals surface area contributed by atoms with Crippen LogP contribution in [-0.2, 0) is 13.0 Å². The number of benzene rings is 1. The number of hydrogen-bond acceptors (Lipinski definition) is 5. The molecule has 1 saturated carbocycles. The summed E-state index contributed by atoms with van der Waals surface area (Å²) in [6, 6.07) is 10.8. The fourth-order valence-corrected chi connectivity index (χ4v) is 3.73. The molecule has 0 spiro atoms. The third-order valence-electron chi connectivity index (χ3n) is 5.45. The van der Waals surface area contributed by atoms with Gasteiger partial charge in [0.1, 0.15) is 5.82 Å². The minimum absolute atomic E-state index is 0.0105. The van der Waals surface area contributed by atoms with E-state index >= 15 is 0 Å². The summed E-state index contributed by atoms with van der Waals surface area (Å²) in [5, 5.41) is 12.6. The first-order valence-corrected chi connectivity index (χ1v) is 9.57. The van der Waals surface area contributed by atoms with Gasteiger partial charge in [0.05, 0.1) is 12.3 Å². The molecule has 0 bridgehead atoms. The van der Waals surface area contributed by atoms with Crippen molar-refractivity contribution in [3.8, 4) is 0 Å². The van der Waals surface area contributed by atoms with Gasteiger partial charge in [0, 0.05) is 30.1 Å². The summed E-state index contributed by atoms with van der Waals surface area (Å²) in [6.45, 7) is 7.43. The molecule has 1 aromatic heterocycles. The molecule has 0 saturated heterocycles. The van der Waals surface area contributed by atoms with Crippen molar-refractivity contribution in [3.05, 3.63) is 47.2 Å². The molecule has 4 rings (SSSR count). The van der Waals surface area contributed by atoms with Crippen molar-refractivity contribution in [1.29, 1.82) is 0 Å². The molecule has 1 atom stereocenters. The van der Waals surface area contributed by atoms with Gasteiger partial charge in [-0.05, 0) is 51.2 Å². The zero-order valence-corrected chi connectivity index (χ0v) is 15.9. The van der Waals surface area contributed by atoms with Crippen LogP contribution < -0.4 is 10.2 Å². The molecule has 2 aromatic rings. The van der Waals surface area contributed by atoms with E-state index in [2.05, 4.69) is 54.4 Å².